The average molecular weight is 495 g/mol. The molecule has 1 N–H and O–H groups in total. The van der Waals surface area contributed by atoms with Crippen LogP contribution in [0.3, 0.4) is 0 Å². The number of halogens is 3. The SMILES string of the molecule is COc1ccc(-c2cc(NC(=O)c3ccccc3I)ccc2OC(F)F)cc1. The van der Waals surface area contributed by atoms with Crippen molar-refractivity contribution < 1.29 is 23.0 Å². The van der Waals surface area contributed by atoms with Crippen LogP contribution >= 0.6 is 22.6 Å². The van der Waals surface area contributed by atoms with Crippen LogP contribution in [0.25, 0.3) is 11.1 Å². The molecule has 3 aromatic carbocycles. The second-order valence-electron chi connectivity index (χ2n) is 5.75. The van der Waals surface area contributed by atoms with Crippen LogP contribution in [0, 0.1) is 3.57 Å². The van der Waals surface area contributed by atoms with E-state index in [0.717, 1.165) is 3.57 Å². The highest BCUT2D eigenvalue weighted by Gasteiger charge is 2.15. The molecule has 0 aliphatic heterocycles. The van der Waals surface area contributed by atoms with Crippen molar-refractivity contribution in [2.24, 2.45) is 0 Å². The number of nitrogens with one attached hydrogen (secondary N) is 1. The highest BCUT2D eigenvalue weighted by Crippen LogP contribution is 2.34. The van der Waals surface area contributed by atoms with Gasteiger partial charge in [0.1, 0.15) is 11.5 Å². The van der Waals surface area contributed by atoms with Crippen LogP contribution in [0.15, 0.2) is 66.7 Å². The first kappa shape index (κ1) is 20.1. The Bertz CT molecular complexity index is 978. The molecular weight excluding hydrogens is 479 g/mol. The van der Waals surface area contributed by atoms with Crippen LogP contribution in [-0.4, -0.2) is 19.6 Å². The molecule has 4 nitrogen and oxygen atoms in total. The van der Waals surface area contributed by atoms with Crippen molar-refractivity contribution in [3.05, 3.63) is 75.9 Å². The molecule has 0 spiro atoms. The van der Waals surface area contributed by atoms with E-state index in [0.29, 0.717) is 28.1 Å². The predicted molar refractivity (Wildman–Crippen MR) is 112 cm³/mol. The van der Waals surface area contributed by atoms with Gasteiger partial charge in [-0.2, -0.15) is 8.78 Å². The Labute approximate surface area is 174 Å². The monoisotopic (exact) mass is 495 g/mol. The normalized spacial score (nSPS) is 10.6. The highest BCUT2D eigenvalue weighted by atomic mass is 127. The van der Waals surface area contributed by atoms with Crippen LogP contribution in [-0.2, 0) is 0 Å². The molecule has 0 aliphatic rings. The Morgan fingerprint density at radius 2 is 1.75 bits per heavy atom. The van der Waals surface area contributed by atoms with Gasteiger partial charge in [-0.1, -0.05) is 24.3 Å². The standard InChI is InChI=1S/C21H16F2INO3/c1-27-15-9-6-13(7-10-15)17-12-14(8-11-19(17)28-21(22)23)25-20(26)16-4-2-3-5-18(16)24/h2-12,21H,1H3,(H,25,26). The summed E-state index contributed by atoms with van der Waals surface area (Å²) in [6, 6.07) is 18.6. The summed E-state index contributed by atoms with van der Waals surface area (Å²) in [5, 5.41) is 2.80. The first-order valence-corrected chi connectivity index (χ1v) is 9.35. The number of hydrogen-bond acceptors (Lipinski definition) is 3. The summed E-state index contributed by atoms with van der Waals surface area (Å²) in [5.41, 5.74) is 2.09. The highest BCUT2D eigenvalue weighted by molar-refractivity contribution is 14.1. The smallest absolute Gasteiger partial charge is 0.387 e. The number of anilines is 1. The fraction of sp³-hybridized carbons (Fsp3) is 0.0952. The number of alkyl halides is 2. The Morgan fingerprint density at radius 1 is 1.04 bits per heavy atom. The van der Waals surface area contributed by atoms with Gasteiger partial charge in [0.2, 0.25) is 0 Å². The Kier molecular flexibility index (Phi) is 6.45. The molecule has 0 saturated carbocycles. The lowest BCUT2D eigenvalue weighted by atomic mass is 10.0. The summed E-state index contributed by atoms with van der Waals surface area (Å²) in [6.07, 6.45) is 0. The van der Waals surface area contributed by atoms with Crippen molar-refractivity contribution >= 4 is 34.2 Å². The van der Waals surface area contributed by atoms with Crippen molar-refractivity contribution in [2.75, 3.05) is 12.4 Å². The molecule has 0 fully saturated rings. The molecule has 3 rings (SSSR count). The first-order chi connectivity index (χ1) is 13.5. The predicted octanol–water partition coefficient (Wildman–Crippen LogP) is 5.82. The molecule has 144 valence electrons. The number of carbonyl (C=O) groups is 1. The zero-order valence-corrected chi connectivity index (χ0v) is 16.9. The van der Waals surface area contributed by atoms with Gasteiger partial charge in [0.15, 0.2) is 0 Å². The maximum absolute atomic E-state index is 12.8. The number of carbonyl (C=O) groups excluding carboxylic acids is 1. The van der Waals surface area contributed by atoms with Crippen LogP contribution in [0.1, 0.15) is 10.4 Å². The molecule has 3 aromatic rings. The lowest BCUT2D eigenvalue weighted by molar-refractivity contribution is -0.0494. The fourth-order valence-electron chi connectivity index (χ4n) is 2.65. The van der Waals surface area contributed by atoms with E-state index in [1.54, 1.807) is 49.6 Å². The van der Waals surface area contributed by atoms with Gasteiger partial charge in [0.05, 0.1) is 12.7 Å². The quantitative estimate of drug-likeness (QED) is 0.439. The number of hydrogen-bond donors (Lipinski definition) is 1. The maximum Gasteiger partial charge on any atom is 0.387 e. The van der Waals surface area contributed by atoms with Gasteiger partial charge in [0.25, 0.3) is 5.91 Å². The molecule has 0 aromatic heterocycles. The van der Waals surface area contributed by atoms with Gasteiger partial charge in [-0.25, -0.2) is 0 Å². The molecule has 0 radical (unpaired) electrons. The first-order valence-electron chi connectivity index (χ1n) is 8.27. The summed E-state index contributed by atoms with van der Waals surface area (Å²) >= 11 is 2.08. The average Bonchev–Trinajstić information content (AvgIpc) is 2.69. The van der Waals surface area contributed by atoms with Crippen molar-refractivity contribution in [2.45, 2.75) is 6.61 Å². The fourth-order valence-corrected chi connectivity index (χ4v) is 3.28. The molecule has 0 bridgehead atoms. The second-order valence-corrected chi connectivity index (χ2v) is 6.91. The molecule has 0 aliphatic carbocycles. The third-order valence-corrected chi connectivity index (χ3v) is 4.91. The summed E-state index contributed by atoms with van der Waals surface area (Å²) < 4.78 is 36.2. The minimum absolute atomic E-state index is 0.0208. The van der Waals surface area contributed by atoms with Crippen LogP contribution in [0.5, 0.6) is 11.5 Å². The number of methoxy groups -OCH3 is 1. The third-order valence-electron chi connectivity index (χ3n) is 3.97. The zero-order valence-electron chi connectivity index (χ0n) is 14.8. The van der Waals surface area contributed by atoms with E-state index in [4.69, 9.17) is 4.74 Å². The zero-order chi connectivity index (χ0) is 20.1. The van der Waals surface area contributed by atoms with E-state index in [1.807, 2.05) is 12.1 Å². The third kappa shape index (κ3) is 4.78. The molecule has 1 amide bonds. The molecule has 7 heteroatoms. The van der Waals surface area contributed by atoms with Gasteiger partial charge in [-0.15, -0.1) is 0 Å². The van der Waals surface area contributed by atoms with Crippen molar-refractivity contribution in [3.63, 3.8) is 0 Å². The summed E-state index contributed by atoms with van der Waals surface area (Å²) in [5.74, 6) is 0.379. The lowest BCUT2D eigenvalue weighted by Gasteiger charge is -2.14. The van der Waals surface area contributed by atoms with Gasteiger partial charge < -0.3 is 14.8 Å². The van der Waals surface area contributed by atoms with E-state index in [2.05, 4.69) is 32.6 Å². The Hall–Kier alpha value is -2.68. The van der Waals surface area contributed by atoms with E-state index >= 15 is 0 Å². The lowest BCUT2D eigenvalue weighted by Crippen LogP contribution is -2.13. The maximum atomic E-state index is 12.8. The van der Waals surface area contributed by atoms with Gasteiger partial charge in [-0.3, -0.25) is 4.79 Å². The number of ether oxygens (including phenoxy) is 2. The van der Waals surface area contributed by atoms with Gasteiger partial charge in [-0.05, 0) is 70.6 Å². The number of amides is 1. The largest absolute Gasteiger partial charge is 0.497 e. The van der Waals surface area contributed by atoms with Gasteiger partial charge >= 0.3 is 6.61 Å². The second kappa shape index (κ2) is 9.01. The minimum Gasteiger partial charge on any atom is -0.497 e. The van der Waals surface area contributed by atoms with Crippen molar-refractivity contribution in [3.8, 4) is 22.6 Å². The number of benzene rings is 3. The van der Waals surface area contributed by atoms with E-state index in [9.17, 15) is 13.6 Å². The number of rotatable bonds is 6. The molecule has 0 saturated heterocycles. The van der Waals surface area contributed by atoms with Crippen LogP contribution in [0.2, 0.25) is 0 Å². The van der Waals surface area contributed by atoms with Crippen molar-refractivity contribution in [1.82, 2.24) is 0 Å². The Balaban J connectivity index is 1.95. The molecule has 0 atom stereocenters. The topological polar surface area (TPSA) is 47.6 Å². The Morgan fingerprint density at radius 3 is 2.39 bits per heavy atom. The molecular formula is C21H16F2INO3. The van der Waals surface area contributed by atoms with E-state index in [1.165, 1.54) is 12.1 Å². The minimum atomic E-state index is -2.96. The summed E-state index contributed by atoms with van der Waals surface area (Å²) in [4.78, 5) is 12.5. The van der Waals surface area contributed by atoms with Crippen LogP contribution < -0.4 is 14.8 Å². The van der Waals surface area contributed by atoms with E-state index in [-0.39, 0.29) is 11.7 Å². The molecule has 0 heterocycles. The van der Waals surface area contributed by atoms with E-state index < -0.39 is 6.61 Å². The molecule has 28 heavy (non-hydrogen) atoms. The van der Waals surface area contributed by atoms with Gasteiger partial charge in [0, 0.05) is 14.8 Å². The van der Waals surface area contributed by atoms with Crippen molar-refractivity contribution in [1.29, 1.82) is 0 Å². The van der Waals surface area contributed by atoms with Crippen LogP contribution in [0.4, 0.5) is 14.5 Å². The molecule has 0 unspecified atom stereocenters. The summed E-state index contributed by atoms with van der Waals surface area (Å²) in [7, 11) is 1.54. The summed E-state index contributed by atoms with van der Waals surface area (Å²) in [6.45, 7) is -2.96.